The first-order valence-electron chi connectivity index (χ1n) is 7.42. The van der Waals surface area contributed by atoms with Gasteiger partial charge in [0.05, 0.1) is 25.9 Å². The van der Waals surface area contributed by atoms with E-state index in [1.807, 2.05) is 0 Å². The monoisotopic (exact) mass is 271 g/mol. The van der Waals surface area contributed by atoms with E-state index in [1.54, 1.807) is 0 Å². The minimum atomic E-state index is -0.660. The van der Waals surface area contributed by atoms with Crippen molar-refractivity contribution in [3.05, 3.63) is 0 Å². The van der Waals surface area contributed by atoms with Crippen LogP contribution < -0.4 is 10.6 Å². The molecule has 0 aromatic heterocycles. The van der Waals surface area contributed by atoms with Crippen LogP contribution in [0.5, 0.6) is 0 Å². The number of nitrogens with one attached hydrogen (secondary N) is 2. The fourth-order valence-electron chi connectivity index (χ4n) is 3.91. The van der Waals surface area contributed by atoms with Crippen LogP contribution in [0.4, 0.5) is 4.39 Å². The maximum Gasteiger partial charge on any atom is 0.137 e. The molecule has 108 valence electrons. The number of ether oxygens (including phenoxy) is 2. The fraction of sp³-hybridized carbons (Fsp3) is 1.00. The summed E-state index contributed by atoms with van der Waals surface area (Å²) in [6, 6.07) is 0.944. The van der Waals surface area contributed by atoms with Crippen molar-refractivity contribution in [2.75, 3.05) is 26.4 Å². The maximum absolute atomic E-state index is 13.5. The summed E-state index contributed by atoms with van der Waals surface area (Å²) in [7, 11) is 0. The average molecular weight is 271 g/mol. The zero-order chi connectivity index (χ0) is 12.8. The Bertz CT molecular complexity index is 346. The van der Waals surface area contributed by atoms with Gasteiger partial charge in [-0.1, -0.05) is 0 Å². The van der Waals surface area contributed by atoms with Crippen LogP contribution in [-0.2, 0) is 9.47 Å². The van der Waals surface area contributed by atoms with E-state index in [0.717, 1.165) is 26.2 Å². The minimum absolute atomic E-state index is 0.0131. The van der Waals surface area contributed by atoms with Crippen molar-refractivity contribution in [3.63, 3.8) is 0 Å². The predicted octanol–water partition coefficient (Wildman–Crippen LogP) is -0.178. The third kappa shape index (κ3) is 2.19. The van der Waals surface area contributed by atoms with Gasteiger partial charge in [0.25, 0.3) is 0 Å². The van der Waals surface area contributed by atoms with Gasteiger partial charge in [0.1, 0.15) is 18.6 Å². The van der Waals surface area contributed by atoms with Crippen LogP contribution in [0.15, 0.2) is 0 Å². The van der Waals surface area contributed by atoms with Crippen LogP contribution in [0, 0.1) is 0 Å². The van der Waals surface area contributed by atoms with Crippen molar-refractivity contribution in [1.29, 1.82) is 0 Å². The fourth-order valence-corrected chi connectivity index (χ4v) is 3.91. The first-order valence-corrected chi connectivity index (χ1v) is 7.42. The summed E-state index contributed by atoms with van der Waals surface area (Å²) < 4.78 is 24.9. The number of rotatable bonds is 0. The Kier molecular flexibility index (Phi) is 3.23. The maximum atomic E-state index is 13.5. The molecule has 6 atom stereocenters. The molecule has 3 aliphatic heterocycles. The average Bonchev–Trinajstić information content (AvgIpc) is 2.45. The molecular weight excluding hydrogens is 249 g/mol. The molecule has 3 heterocycles. The molecule has 5 nitrogen and oxygen atoms in total. The van der Waals surface area contributed by atoms with E-state index in [1.165, 1.54) is 0 Å². The molecule has 0 spiro atoms. The second kappa shape index (κ2) is 4.93. The summed E-state index contributed by atoms with van der Waals surface area (Å²) in [5, 5.41) is 7.21. The van der Waals surface area contributed by atoms with Crippen molar-refractivity contribution < 1.29 is 13.9 Å². The van der Waals surface area contributed by atoms with Crippen molar-refractivity contribution in [3.8, 4) is 0 Å². The van der Waals surface area contributed by atoms with Gasteiger partial charge in [-0.05, 0) is 19.3 Å². The number of hydrogen-bond donors (Lipinski definition) is 2. The van der Waals surface area contributed by atoms with Crippen LogP contribution in [0.3, 0.4) is 0 Å². The molecule has 0 radical (unpaired) electrons. The number of fused-ring (bicyclic) bond motifs is 4. The molecule has 0 amide bonds. The number of piperazine rings is 1. The molecule has 6 heteroatoms. The summed E-state index contributed by atoms with van der Waals surface area (Å²) in [5.74, 6) is 0. The highest BCUT2D eigenvalue weighted by atomic mass is 19.1. The lowest BCUT2D eigenvalue weighted by molar-refractivity contribution is -0.185. The second-order valence-electron chi connectivity index (χ2n) is 6.12. The van der Waals surface area contributed by atoms with Crippen LogP contribution >= 0.6 is 0 Å². The number of halogens is 1. The van der Waals surface area contributed by atoms with E-state index >= 15 is 0 Å². The van der Waals surface area contributed by atoms with E-state index in [9.17, 15) is 4.39 Å². The van der Waals surface area contributed by atoms with Gasteiger partial charge in [0.2, 0.25) is 0 Å². The third-order valence-corrected chi connectivity index (χ3v) is 4.93. The van der Waals surface area contributed by atoms with E-state index in [4.69, 9.17) is 9.47 Å². The zero-order valence-corrected chi connectivity index (χ0v) is 11.1. The zero-order valence-electron chi connectivity index (χ0n) is 11.1. The highest BCUT2D eigenvalue weighted by molar-refractivity contribution is 5.01. The third-order valence-electron chi connectivity index (χ3n) is 4.93. The lowest BCUT2D eigenvalue weighted by Crippen LogP contribution is -2.77. The molecule has 0 aromatic carbocycles. The summed E-state index contributed by atoms with van der Waals surface area (Å²) in [6.07, 6.45) is 1.74. The highest BCUT2D eigenvalue weighted by Crippen LogP contribution is 2.29. The molecule has 4 rings (SSSR count). The molecule has 4 aliphatic rings. The number of hydrogen-bond acceptors (Lipinski definition) is 5. The molecule has 0 aromatic rings. The van der Waals surface area contributed by atoms with Crippen LogP contribution in [0.2, 0.25) is 0 Å². The molecule has 5 unspecified atom stereocenters. The Balaban J connectivity index is 1.49. The van der Waals surface area contributed by atoms with Gasteiger partial charge in [0.15, 0.2) is 0 Å². The van der Waals surface area contributed by atoms with Crippen molar-refractivity contribution >= 4 is 0 Å². The molecule has 3 saturated heterocycles. The van der Waals surface area contributed by atoms with E-state index in [0.29, 0.717) is 31.5 Å². The van der Waals surface area contributed by atoms with Gasteiger partial charge in [-0.2, -0.15) is 0 Å². The van der Waals surface area contributed by atoms with Gasteiger partial charge in [-0.25, -0.2) is 4.39 Å². The Morgan fingerprint density at radius 3 is 3.00 bits per heavy atom. The number of nitrogens with zero attached hydrogens (tertiary/aromatic N) is 1. The Hall–Kier alpha value is -0.270. The predicted molar refractivity (Wildman–Crippen MR) is 67.4 cm³/mol. The van der Waals surface area contributed by atoms with Crippen molar-refractivity contribution in [2.24, 2.45) is 0 Å². The topological polar surface area (TPSA) is 45.8 Å². The van der Waals surface area contributed by atoms with Crippen molar-refractivity contribution in [1.82, 2.24) is 15.5 Å². The summed E-state index contributed by atoms with van der Waals surface area (Å²) >= 11 is 0. The molecule has 1 saturated carbocycles. The lowest BCUT2D eigenvalue weighted by atomic mass is 9.86. The van der Waals surface area contributed by atoms with Gasteiger partial charge in [-0.15, -0.1) is 0 Å². The molecule has 2 N–H and O–H groups in total. The van der Waals surface area contributed by atoms with Crippen LogP contribution in [0.1, 0.15) is 19.3 Å². The Morgan fingerprint density at radius 1 is 1.11 bits per heavy atom. The number of alkyl halides is 1. The van der Waals surface area contributed by atoms with Gasteiger partial charge < -0.3 is 9.47 Å². The minimum Gasteiger partial charge on any atom is -0.378 e. The second-order valence-corrected chi connectivity index (χ2v) is 6.12. The summed E-state index contributed by atoms with van der Waals surface area (Å²) in [4.78, 5) is 2.46. The first-order chi connectivity index (χ1) is 9.31. The molecule has 0 bridgehead atoms. The van der Waals surface area contributed by atoms with E-state index in [-0.39, 0.29) is 18.4 Å². The Morgan fingerprint density at radius 2 is 2.05 bits per heavy atom. The summed E-state index contributed by atoms with van der Waals surface area (Å²) in [5.41, 5.74) is 0. The normalized spacial score (nSPS) is 51.0. The lowest BCUT2D eigenvalue weighted by Gasteiger charge is -2.54. The SMILES string of the molecule is FC1CCC2NC3C(NC2C1)OC[C@@H]1COCCN31. The molecule has 4 fully saturated rings. The van der Waals surface area contributed by atoms with Gasteiger partial charge >= 0.3 is 0 Å². The van der Waals surface area contributed by atoms with Gasteiger partial charge in [-0.3, -0.25) is 15.5 Å². The quantitative estimate of drug-likeness (QED) is 0.640. The largest absolute Gasteiger partial charge is 0.378 e. The van der Waals surface area contributed by atoms with Crippen LogP contribution in [-0.4, -0.2) is 68.0 Å². The van der Waals surface area contributed by atoms with E-state index in [2.05, 4.69) is 15.5 Å². The Labute approximate surface area is 112 Å². The molecule has 1 aliphatic carbocycles. The highest BCUT2D eigenvalue weighted by Gasteiger charge is 2.47. The summed E-state index contributed by atoms with van der Waals surface area (Å²) in [6.45, 7) is 3.20. The first kappa shape index (κ1) is 12.5. The standard InChI is InChI=1S/C13H22FN3O2/c14-8-1-2-10-11(5-8)16-13-12(15-10)17-3-4-18-6-9(17)7-19-13/h8-13,15-16H,1-7H2/t8?,9-,10?,11?,12?,13?/m0/s1. The van der Waals surface area contributed by atoms with Gasteiger partial charge in [0, 0.05) is 18.6 Å². The smallest absolute Gasteiger partial charge is 0.137 e. The molecular formula is C13H22FN3O2. The van der Waals surface area contributed by atoms with Crippen LogP contribution in [0.25, 0.3) is 0 Å². The van der Waals surface area contributed by atoms with E-state index < -0.39 is 6.17 Å². The van der Waals surface area contributed by atoms with Crippen molar-refractivity contribution in [2.45, 2.75) is 56.0 Å². The number of morpholine rings is 2. The molecule has 19 heavy (non-hydrogen) atoms.